The number of fused-ring (bicyclic) bond motifs is 3. The van der Waals surface area contributed by atoms with Crippen molar-refractivity contribution in [2.45, 2.75) is 114 Å². The van der Waals surface area contributed by atoms with E-state index in [2.05, 4.69) is 21.3 Å². The zero-order chi connectivity index (χ0) is 44.1. The molecule has 19 heteroatoms. The minimum Gasteiger partial charge on any atom is -0.493 e. The number of aliphatic hydroxyl groups is 1. The molecule has 9 atom stereocenters. The van der Waals surface area contributed by atoms with Gasteiger partial charge in [0, 0.05) is 43.9 Å². The third-order valence-electron chi connectivity index (χ3n) is 11.8. The van der Waals surface area contributed by atoms with Crippen molar-refractivity contribution < 1.29 is 56.9 Å². The zero-order valence-electron chi connectivity index (χ0n) is 35.0. The number of piperidine rings is 1. The third kappa shape index (κ3) is 10.3. The Morgan fingerprint density at radius 1 is 0.869 bits per heavy atom. The predicted molar refractivity (Wildman–Crippen MR) is 215 cm³/mol. The number of aliphatic hydroxyl groups excluding tert-OH is 1. The predicted octanol–water partition coefficient (Wildman–Crippen LogP) is 2.05. The zero-order valence-corrected chi connectivity index (χ0v) is 35.0. The van der Waals surface area contributed by atoms with Gasteiger partial charge in [0.05, 0.1) is 26.3 Å². The highest BCUT2D eigenvalue weighted by Gasteiger charge is 2.47. The molecule has 61 heavy (non-hydrogen) atoms. The highest BCUT2D eigenvalue weighted by atomic mass is 19.1. The average Bonchev–Trinajstić information content (AvgIpc) is 3.88. The van der Waals surface area contributed by atoms with Crippen molar-refractivity contribution in [3.05, 3.63) is 53.6 Å². The van der Waals surface area contributed by atoms with Gasteiger partial charge in [-0.15, -0.1) is 0 Å². The lowest BCUT2D eigenvalue weighted by atomic mass is 9.98. The number of rotatable bonds is 8. The minimum atomic E-state index is -1.63. The second-order valence-corrected chi connectivity index (χ2v) is 16.3. The van der Waals surface area contributed by atoms with Gasteiger partial charge in [0.1, 0.15) is 48.1 Å². The Morgan fingerprint density at radius 3 is 2.28 bits per heavy atom. The number of anilines is 1. The Bertz CT molecular complexity index is 1970. The summed E-state index contributed by atoms with van der Waals surface area (Å²) < 4.78 is 45.3. The summed E-state index contributed by atoms with van der Waals surface area (Å²) >= 11 is 0. The summed E-state index contributed by atoms with van der Waals surface area (Å²) in [4.78, 5) is 89.1. The maximum atomic E-state index is 14.8. The number of carbonyl (C=O) groups is 6. The van der Waals surface area contributed by atoms with Crippen molar-refractivity contribution in [1.82, 2.24) is 30.7 Å². The van der Waals surface area contributed by atoms with Crippen LogP contribution in [0.1, 0.15) is 64.9 Å². The van der Waals surface area contributed by atoms with Crippen molar-refractivity contribution in [2.75, 3.05) is 39.2 Å². The number of urea groups is 1. The molecule has 2 aromatic carbocycles. The fourth-order valence-corrected chi connectivity index (χ4v) is 8.79. The van der Waals surface area contributed by atoms with Crippen LogP contribution in [-0.4, -0.2) is 138 Å². The lowest BCUT2D eigenvalue weighted by molar-refractivity contribution is -0.163. The summed E-state index contributed by atoms with van der Waals surface area (Å²) in [6, 6.07) is -0.601. The highest BCUT2D eigenvalue weighted by molar-refractivity contribution is 5.97. The monoisotopic (exact) mass is 855 g/mol. The number of methoxy groups -OCH3 is 2. The van der Waals surface area contributed by atoms with Crippen LogP contribution in [0.25, 0.3) is 0 Å². The number of nitrogens with one attached hydrogen (secondary N) is 4. The Kier molecular flexibility index (Phi) is 14.3. The molecule has 4 saturated heterocycles. The second-order valence-electron chi connectivity index (χ2n) is 16.3. The van der Waals surface area contributed by atoms with Gasteiger partial charge in [0.15, 0.2) is 11.5 Å². The Hall–Kier alpha value is -5.56. The molecule has 0 aromatic heterocycles. The Morgan fingerprint density at radius 2 is 1.57 bits per heavy atom. The van der Waals surface area contributed by atoms with Crippen LogP contribution in [0.5, 0.6) is 11.5 Å². The van der Waals surface area contributed by atoms with E-state index in [1.807, 2.05) is 6.92 Å². The second kappa shape index (κ2) is 19.4. The van der Waals surface area contributed by atoms with E-state index < -0.39 is 102 Å². The van der Waals surface area contributed by atoms with Crippen LogP contribution in [0.15, 0.2) is 36.4 Å². The van der Waals surface area contributed by atoms with Gasteiger partial charge in [-0.05, 0) is 88.1 Å². The summed E-state index contributed by atoms with van der Waals surface area (Å²) in [7, 11) is 2.85. The van der Waals surface area contributed by atoms with Gasteiger partial charge in [-0.25, -0.2) is 18.4 Å². The summed E-state index contributed by atoms with van der Waals surface area (Å²) in [5.74, 6) is -4.71. The molecule has 4 aliphatic rings. The summed E-state index contributed by atoms with van der Waals surface area (Å²) in [5, 5.41) is 22.1. The molecule has 0 bridgehead atoms. The number of ether oxygens (including phenoxy) is 3. The highest BCUT2D eigenvalue weighted by Crippen LogP contribution is 2.31. The van der Waals surface area contributed by atoms with Crippen molar-refractivity contribution >= 4 is 41.3 Å². The maximum absolute atomic E-state index is 14.8. The number of esters is 1. The van der Waals surface area contributed by atoms with Gasteiger partial charge in [0.25, 0.3) is 0 Å². The van der Waals surface area contributed by atoms with Crippen LogP contribution in [0.4, 0.5) is 19.3 Å². The SMILES string of the molecule is COc1ccc(NC(=O)N[C@@H](Cc2cc(F)cc(F)c2)C(=O)N[C@@H]2C(=O)N3CCC[C@H]3C(=O)N3CCCC[C@H]3C(O)N[C@@H](C)C(=O)N3C[C@H](C)C[C@H]3C(=O)O[C@H]2C)cc1OC. The molecule has 4 aliphatic heterocycles. The quantitative estimate of drug-likeness (QED) is 0.243. The van der Waals surface area contributed by atoms with Crippen LogP contribution in [0, 0.1) is 17.6 Å². The molecule has 6 amide bonds. The molecule has 1 unspecified atom stereocenters. The van der Waals surface area contributed by atoms with Gasteiger partial charge < -0.3 is 50.0 Å². The van der Waals surface area contributed by atoms with Crippen molar-refractivity contribution in [2.24, 2.45) is 5.92 Å². The van der Waals surface area contributed by atoms with E-state index in [4.69, 9.17) is 14.2 Å². The Labute approximate surface area is 352 Å². The van der Waals surface area contributed by atoms with E-state index in [-0.39, 0.29) is 43.1 Å². The largest absolute Gasteiger partial charge is 0.493 e. The van der Waals surface area contributed by atoms with Gasteiger partial charge in [0.2, 0.25) is 23.6 Å². The van der Waals surface area contributed by atoms with Crippen molar-refractivity contribution in [3.63, 3.8) is 0 Å². The van der Waals surface area contributed by atoms with Crippen LogP contribution < -0.4 is 30.7 Å². The fourth-order valence-electron chi connectivity index (χ4n) is 8.79. The first-order chi connectivity index (χ1) is 29.1. The number of amides is 6. The molecule has 2 aromatic rings. The van der Waals surface area contributed by atoms with Crippen LogP contribution >= 0.6 is 0 Å². The molecule has 4 heterocycles. The Balaban J connectivity index is 1.33. The van der Waals surface area contributed by atoms with Gasteiger partial charge in [-0.2, -0.15) is 0 Å². The van der Waals surface area contributed by atoms with E-state index in [0.717, 1.165) is 18.6 Å². The van der Waals surface area contributed by atoms with Crippen molar-refractivity contribution in [3.8, 4) is 11.5 Å². The molecule has 332 valence electrons. The molecule has 0 aliphatic carbocycles. The number of benzene rings is 2. The van der Waals surface area contributed by atoms with Crippen LogP contribution in [0.2, 0.25) is 0 Å². The number of cyclic esters (lactones) is 1. The van der Waals surface area contributed by atoms with Crippen LogP contribution in [0.3, 0.4) is 0 Å². The summed E-state index contributed by atoms with van der Waals surface area (Å²) in [5.41, 5.74) is 0.242. The van der Waals surface area contributed by atoms with E-state index in [9.17, 15) is 42.7 Å². The van der Waals surface area contributed by atoms with E-state index in [1.54, 1.807) is 17.9 Å². The molecule has 6 rings (SSSR count). The number of hydrogen-bond donors (Lipinski definition) is 5. The summed E-state index contributed by atoms with van der Waals surface area (Å²) in [6.07, 6.45) is -0.334. The molecule has 4 fully saturated rings. The molecular formula is C42H55F2N7O10. The minimum absolute atomic E-state index is 0.000154. The van der Waals surface area contributed by atoms with E-state index >= 15 is 0 Å². The van der Waals surface area contributed by atoms with Crippen molar-refractivity contribution in [1.29, 1.82) is 0 Å². The van der Waals surface area contributed by atoms with Gasteiger partial charge in [-0.3, -0.25) is 24.5 Å². The molecule has 0 radical (unpaired) electrons. The molecule has 5 N–H and O–H groups in total. The molecule has 0 saturated carbocycles. The number of halogens is 2. The number of hydrogen-bond acceptors (Lipinski definition) is 11. The number of carbonyl (C=O) groups excluding carboxylic acids is 6. The first-order valence-corrected chi connectivity index (χ1v) is 20.7. The smallest absolute Gasteiger partial charge is 0.329 e. The number of nitrogens with zero attached hydrogens (tertiary/aromatic N) is 3. The summed E-state index contributed by atoms with van der Waals surface area (Å²) in [6.45, 7) is 5.50. The van der Waals surface area contributed by atoms with E-state index in [1.165, 1.54) is 43.1 Å². The molecule has 17 nitrogen and oxygen atoms in total. The lowest BCUT2D eigenvalue weighted by Gasteiger charge is -2.42. The van der Waals surface area contributed by atoms with Gasteiger partial charge in [-0.1, -0.05) is 6.92 Å². The first kappa shape index (κ1) is 45.0. The third-order valence-corrected chi connectivity index (χ3v) is 11.8. The van der Waals surface area contributed by atoms with Gasteiger partial charge >= 0.3 is 12.0 Å². The molecule has 0 spiro atoms. The first-order valence-electron chi connectivity index (χ1n) is 20.7. The topological polar surface area (TPSA) is 208 Å². The maximum Gasteiger partial charge on any atom is 0.329 e. The van der Waals surface area contributed by atoms with Crippen LogP contribution in [-0.2, 0) is 35.1 Å². The standard InChI is InChI=1S/C42H55F2N7O10/c1-22-15-32-41(57)61-24(3)35(40(56)50-14-8-10-31(50)39(55)49-13-7-6-9-30(49)37(53)45-23(2)38(54)51(32)21-22)48-36(52)29(18-25-16-26(43)19-27(44)17-25)47-42(58)46-28-11-12-33(59-4)34(20-28)60-5/h11-12,16-17,19-20,22-24,29-32,35,37,45,53H,6-10,13-15,18,21H2,1-5H3,(H,48,52)(H2,46,47,58)/t22-,23+,24+,29+,30+,31+,32+,35+,37?/m1/s1. The fraction of sp³-hybridized carbons (Fsp3) is 0.571. The normalized spacial score (nSPS) is 28.0. The van der Waals surface area contributed by atoms with E-state index in [0.29, 0.717) is 43.4 Å². The lowest BCUT2D eigenvalue weighted by Crippen LogP contribution is -2.64. The average molecular weight is 856 g/mol. The molecular weight excluding hydrogens is 800 g/mol.